The first kappa shape index (κ1) is 24.6. The number of Topliss-reactive ketones (excluding diaryl/α,β-unsaturated/α-hetero) is 1. The number of carbonyl (C=O) groups is 2. The number of fused-ring (bicyclic) bond motifs is 1. The maximum absolute atomic E-state index is 12.0. The number of rotatable bonds is 8. The molecule has 1 aliphatic rings. The predicted octanol–water partition coefficient (Wildman–Crippen LogP) is 6.21. The first-order valence-electron chi connectivity index (χ1n) is 11.6. The maximum Gasteiger partial charge on any atom is 0.302 e. The van der Waals surface area contributed by atoms with Crippen LogP contribution in [0.5, 0.6) is 0 Å². The molecule has 0 saturated heterocycles. The molecule has 3 aromatic rings. The monoisotopic (exact) mass is 526 g/mol. The van der Waals surface area contributed by atoms with Gasteiger partial charge in [-0.15, -0.1) is 0 Å². The highest BCUT2D eigenvalue weighted by Gasteiger charge is 2.35. The smallest absolute Gasteiger partial charge is 0.302 e. The third-order valence-corrected chi connectivity index (χ3v) is 7.01. The zero-order valence-corrected chi connectivity index (χ0v) is 21.9. The van der Waals surface area contributed by atoms with Crippen molar-refractivity contribution in [3.8, 4) is 11.3 Å². The molecule has 1 aliphatic carbocycles. The van der Waals surface area contributed by atoms with E-state index in [-0.39, 0.29) is 29.3 Å². The molecule has 0 amide bonds. The zero-order chi connectivity index (χ0) is 24.6. The summed E-state index contributed by atoms with van der Waals surface area (Å²) in [4.78, 5) is 28.2. The first-order chi connectivity index (χ1) is 16.1. The van der Waals surface area contributed by atoms with Crippen LogP contribution >= 0.6 is 15.9 Å². The summed E-state index contributed by atoms with van der Waals surface area (Å²) in [6, 6.07) is 10.4. The number of ketones is 1. The standard InChI is InChI=1S/C27H31BrN2O4/c1-16(33-5)25-21(7-6-10-29-25)26-23(14-27(3,4)15-34-17(2)31)22-11-18(28)8-9-24(22)30(26)19-12-20(32)13-19/h6-11,16,19H,12-15H2,1-5H3/t16-/m0/s1. The Bertz CT molecular complexity index is 1240. The van der Waals surface area contributed by atoms with Crippen molar-refractivity contribution in [2.45, 2.75) is 59.1 Å². The fourth-order valence-corrected chi connectivity index (χ4v) is 5.09. The van der Waals surface area contributed by atoms with Crippen LogP contribution in [0.25, 0.3) is 22.2 Å². The average Bonchev–Trinajstić information content (AvgIpc) is 3.07. The minimum absolute atomic E-state index is 0.0995. The topological polar surface area (TPSA) is 70.4 Å². The quantitative estimate of drug-likeness (QED) is 0.326. The van der Waals surface area contributed by atoms with Gasteiger partial charge in [0.15, 0.2) is 0 Å². The number of ether oxygens (including phenoxy) is 2. The van der Waals surface area contributed by atoms with E-state index in [1.807, 2.05) is 19.1 Å². The molecule has 0 unspecified atom stereocenters. The van der Waals surface area contributed by atoms with Gasteiger partial charge in [0, 0.05) is 65.5 Å². The number of hydrogen-bond donors (Lipinski definition) is 0. The highest BCUT2D eigenvalue weighted by atomic mass is 79.9. The van der Waals surface area contributed by atoms with Gasteiger partial charge in [-0.05, 0) is 49.2 Å². The lowest BCUT2D eigenvalue weighted by Crippen LogP contribution is -2.28. The van der Waals surface area contributed by atoms with E-state index in [1.54, 1.807) is 13.3 Å². The molecule has 4 rings (SSSR count). The number of hydrogen-bond acceptors (Lipinski definition) is 5. The summed E-state index contributed by atoms with van der Waals surface area (Å²) < 4.78 is 14.4. The number of aromatic nitrogens is 2. The lowest BCUT2D eigenvalue weighted by Gasteiger charge is -2.30. The summed E-state index contributed by atoms with van der Waals surface area (Å²) in [5.74, 6) is -0.00163. The number of pyridine rings is 1. The van der Waals surface area contributed by atoms with Crippen LogP contribution in [0.15, 0.2) is 41.0 Å². The molecular formula is C27H31BrN2O4. The molecular weight excluding hydrogens is 496 g/mol. The van der Waals surface area contributed by atoms with Gasteiger partial charge in [-0.1, -0.05) is 29.8 Å². The van der Waals surface area contributed by atoms with Crippen LogP contribution < -0.4 is 0 Å². The molecule has 6 nitrogen and oxygen atoms in total. The molecule has 1 atom stereocenters. The van der Waals surface area contributed by atoms with E-state index in [0.29, 0.717) is 25.9 Å². The molecule has 0 N–H and O–H groups in total. The third kappa shape index (κ3) is 4.82. The first-order valence-corrected chi connectivity index (χ1v) is 12.4. The second kappa shape index (κ2) is 9.62. The van der Waals surface area contributed by atoms with Crippen molar-refractivity contribution in [2.24, 2.45) is 5.41 Å². The Hall–Kier alpha value is -2.51. The van der Waals surface area contributed by atoms with Gasteiger partial charge >= 0.3 is 5.97 Å². The van der Waals surface area contributed by atoms with Crippen LogP contribution in [0.2, 0.25) is 0 Å². The number of methoxy groups -OCH3 is 1. The Kier molecular flexibility index (Phi) is 6.97. The molecule has 0 spiro atoms. The lowest BCUT2D eigenvalue weighted by molar-refractivity contribution is -0.144. The van der Waals surface area contributed by atoms with Crippen molar-refractivity contribution in [1.29, 1.82) is 0 Å². The SMILES string of the molecule is CO[C@@H](C)c1ncccc1-c1c(CC(C)(C)COC(C)=O)c2cc(Br)ccc2n1C1CC(=O)C1. The van der Waals surface area contributed by atoms with Crippen molar-refractivity contribution in [3.63, 3.8) is 0 Å². The van der Waals surface area contributed by atoms with Gasteiger partial charge < -0.3 is 14.0 Å². The molecule has 34 heavy (non-hydrogen) atoms. The summed E-state index contributed by atoms with van der Waals surface area (Å²) in [5.41, 5.74) is 4.87. The van der Waals surface area contributed by atoms with Gasteiger partial charge in [0.05, 0.1) is 24.1 Å². The third-order valence-electron chi connectivity index (χ3n) is 6.52. The van der Waals surface area contributed by atoms with Gasteiger partial charge in [-0.2, -0.15) is 0 Å². The number of benzene rings is 1. The summed E-state index contributed by atoms with van der Waals surface area (Å²) in [7, 11) is 1.68. The van der Waals surface area contributed by atoms with Crippen molar-refractivity contribution in [1.82, 2.24) is 9.55 Å². The predicted molar refractivity (Wildman–Crippen MR) is 136 cm³/mol. The van der Waals surface area contributed by atoms with Crippen molar-refractivity contribution < 1.29 is 19.1 Å². The van der Waals surface area contributed by atoms with Gasteiger partial charge in [-0.3, -0.25) is 14.6 Å². The molecule has 1 fully saturated rings. The molecule has 0 radical (unpaired) electrons. The lowest BCUT2D eigenvalue weighted by atomic mass is 9.84. The summed E-state index contributed by atoms with van der Waals surface area (Å²) in [6.45, 7) is 7.96. The zero-order valence-electron chi connectivity index (χ0n) is 20.4. The maximum atomic E-state index is 12.0. The van der Waals surface area contributed by atoms with E-state index < -0.39 is 0 Å². The number of esters is 1. The van der Waals surface area contributed by atoms with Crippen molar-refractivity contribution in [2.75, 3.05) is 13.7 Å². The highest BCUT2D eigenvalue weighted by Crippen LogP contribution is 2.45. The summed E-state index contributed by atoms with van der Waals surface area (Å²) in [6.07, 6.45) is 3.33. The Morgan fingerprint density at radius 3 is 2.68 bits per heavy atom. The Morgan fingerprint density at radius 2 is 2.03 bits per heavy atom. The van der Waals surface area contributed by atoms with E-state index in [0.717, 1.165) is 37.9 Å². The van der Waals surface area contributed by atoms with Crippen LogP contribution in [0, 0.1) is 5.41 Å². The molecule has 2 aromatic heterocycles. The van der Waals surface area contributed by atoms with E-state index >= 15 is 0 Å². The molecule has 1 aromatic carbocycles. The normalized spacial score (nSPS) is 15.4. The van der Waals surface area contributed by atoms with Crippen LogP contribution in [0.3, 0.4) is 0 Å². The summed E-state index contributed by atoms with van der Waals surface area (Å²) in [5, 5.41) is 1.12. The van der Waals surface area contributed by atoms with E-state index in [1.165, 1.54) is 6.92 Å². The van der Waals surface area contributed by atoms with Crippen molar-refractivity contribution >= 4 is 38.6 Å². The molecule has 7 heteroatoms. The second-order valence-electron chi connectivity index (χ2n) is 9.89. The molecule has 180 valence electrons. The van der Waals surface area contributed by atoms with Gasteiger partial charge in [0.25, 0.3) is 0 Å². The summed E-state index contributed by atoms with van der Waals surface area (Å²) >= 11 is 3.65. The van der Waals surface area contributed by atoms with E-state index in [4.69, 9.17) is 9.47 Å². The van der Waals surface area contributed by atoms with Crippen LogP contribution in [-0.2, 0) is 25.5 Å². The Morgan fingerprint density at radius 1 is 1.29 bits per heavy atom. The molecule has 1 saturated carbocycles. The second-order valence-corrected chi connectivity index (χ2v) is 10.8. The minimum atomic E-state index is -0.299. The van der Waals surface area contributed by atoms with Crippen LogP contribution in [0.1, 0.15) is 63.9 Å². The minimum Gasteiger partial charge on any atom is -0.465 e. The van der Waals surface area contributed by atoms with Crippen molar-refractivity contribution in [3.05, 3.63) is 52.3 Å². The number of halogens is 1. The molecule has 2 heterocycles. The van der Waals surface area contributed by atoms with Gasteiger partial charge in [-0.25, -0.2) is 0 Å². The largest absolute Gasteiger partial charge is 0.465 e. The van der Waals surface area contributed by atoms with E-state index in [9.17, 15) is 9.59 Å². The Balaban J connectivity index is 1.99. The molecule has 0 bridgehead atoms. The fourth-order valence-electron chi connectivity index (χ4n) is 4.73. The average molecular weight is 527 g/mol. The van der Waals surface area contributed by atoms with E-state index in [2.05, 4.69) is 57.5 Å². The number of nitrogens with zero attached hydrogens (tertiary/aromatic N) is 2. The Labute approximate surface area is 208 Å². The van der Waals surface area contributed by atoms with Crippen LogP contribution in [-0.4, -0.2) is 35.0 Å². The van der Waals surface area contributed by atoms with Gasteiger partial charge in [0.2, 0.25) is 0 Å². The highest BCUT2D eigenvalue weighted by molar-refractivity contribution is 9.10. The molecule has 0 aliphatic heterocycles. The van der Waals surface area contributed by atoms with Gasteiger partial charge in [0.1, 0.15) is 5.78 Å². The van der Waals surface area contributed by atoms with Crippen LogP contribution in [0.4, 0.5) is 0 Å². The number of carbonyl (C=O) groups excluding carboxylic acids is 2. The fraction of sp³-hybridized carbons (Fsp3) is 0.444.